The van der Waals surface area contributed by atoms with E-state index in [2.05, 4.69) is 49.5 Å². The van der Waals surface area contributed by atoms with Crippen LogP contribution in [0.4, 0.5) is 4.39 Å². The molecule has 0 aliphatic carbocycles. The third-order valence-electron chi connectivity index (χ3n) is 5.90. The number of rotatable bonds is 4. The first-order chi connectivity index (χ1) is 14.2. The molecule has 0 bridgehead atoms. The number of hydrogen-bond acceptors (Lipinski definition) is 4. The van der Waals surface area contributed by atoms with E-state index < -0.39 is 0 Å². The Hall–Kier alpha value is -2.86. The lowest BCUT2D eigenvalue weighted by atomic mass is 10.0. The first-order valence-corrected chi connectivity index (χ1v) is 10.3. The van der Waals surface area contributed by atoms with Gasteiger partial charge in [-0.25, -0.2) is 9.37 Å². The van der Waals surface area contributed by atoms with Gasteiger partial charge in [-0.15, -0.1) is 0 Å². The normalized spacial score (nSPS) is 16.1. The molecule has 0 atom stereocenters. The number of nitrogens with zero attached hydrogens (tertiary/aromatic N) is 5. The Labute approximate surface area is 169 Å². The van der Waals surface area contributed by atoms with Crippen LogP contribution in [-0.2, 0) is 13.0 Å². The molecule has 0 radical (unpaired) electrons. The van der Waals surface area contributed by atoms with Gasteiger partial charge in [0.05, 0.1) is 22.1 Å². The standard InChI is InChI=1S/C23H24FN5/c1-2-23-27-21-14-17(24)4-6-22(21)29(23)18-7-11-28(12-8-18)15-16-3-5-19-20(13-16)26-10-9-25-19/h3-6,9-10,13-14,18H,2,7-8,11-12,15H2,1H3. The van der Waals surface area contributed by atoms with E-state index >= 15 is 0 Å². The van der Waals surface area contributed by atoms with E-state index in [1.54, 1.807) is 18.5 Å². The summed E-state index contributed by atoms with van der Waals surface area (Å²) in [5, 5.41) is 0. The molecule has 148 valence electrons. The smallest absolute Gasteiger partial charge is 0.125 e. The molecule has 0 amide bonds. The largest absolute Gasteiger partial charge is 0.325 e. The molecule has 5 rings (SSSR count). The van der Waals surface area contributed by atoms with Gasteiger partial charge in [0.25, 0.3) is 0 Å². The van der Waals surface area contributed by atoms with E-state index in [1.807, 2.05) is 6.07 Å². The molecule has 0 spiro atoms. The van der Waals surface area contributed by atoms with E-state index in [4.69, 9.17) is 0 Å². The van der Waals surface area contributed by atoms with Gasteiger partial charge in [-0.2, -0.15) is 0 Å². The van der Waals surface area contributed by atoms with Crippen LogP contribution < -0.4 is 0 Å². The van der Waals surface area contributed by atoms with Crippen molar-refractivity contribution in [2.75, 3.05) is 13.1 Å². The number of halogens is 1. The molecule has 2 aromatic carbocycles. The number of benzene rings is 2. The summed E-state index contributed by atoms with van der Waals surface area (Å²) < 4.78 is 16.0. The highest BCUT2D eigenvalue weighted by Crippen LogP contribution is 2.30. The van der Waals surface area contributed by atoms with Crippen LogP contribution in [-0.4, -0.2) is 37.5 Å². The van der Waals surface area contributed by atoms with Gasteiger partial charge in [0, 0.05) is 50.6 Å². The van der Waals surface area contributed by atoms with Gasteiger partial charge in [0.2, 0.25) is 0 Å². The molecule has 5 nitrogen and oxygen atoms in total. The summed E-state index contributed by atoms with van der Waals surface area (Å²) in [5.74, 6) is 0.830. The number of piperidine rings is 1. The minimum absolute atomic E-state index is 0.223. The van der Waals surface area contributed by atoms with E-state index in [9.17, 15) is 4.39 Å². The Morgan fingerprint density at radius 1 is 0.966 bits per heavy atom. The van der Waals surface area contributed by atoms with Crippen molar-refractivity contribution in [2.24, 2.45) is 0 Å². The minimum atomic E-state index is -0.223. The second kappa shape index (κ2) is 7.52. The lowest BCUT2D eigenvalue weighted by Gasteiger charge is -2.33. The quantitative estimate of drug-likeness (QED) is 0.515. The molecule has 29 heavy (non-hydrogen) atoms. The maximum atomic E-state index is 13.6. The maximum absolute atomic E-state index is 13.6. The fourth-order valence-corrected chi connectivity index (χ4v) is 4.48. The van der Waals surface area contributed by atoms with Crippen LogP contribution in [0, 0.1) is 5.82 Å². The fraction of sp³-hybridized carbons (Fsp3) is 0.348. The molecule has 2 aromatic heterocycles. The lowest BCUT2D eigenvalue weighted by Crippen LogP contribution is -2.34. The predicted octanol–water partition coefficient (Wildman–Crippen LogP) is 4.52. The van der Waals surface area contributed by atoms with Crippen molar-refractivity contribution in [1.29, 1.82) is 0 Å². The molecule has 6 heteroatoms. The van der Waals surface area contributed by atoms with Crippen molar-refractivity contribution >= 4 is 22.1 Å². The van der Waals surface area contributed by atoms with Gasteiger partial charge in [0.15, 0.2) is 0 Å². The van der Waals surface area contributed by atoms with Crippen molar-refractivity contribution in [3.8, 4) is 0 Å². The first-order valence-electron chi connectivity index (χ1n) is 10.3. The van der Waals surface area contributed by atoms with E-state index in [0.717, 1.165) is 66.8 Å². The van der Waals surface area contributed by atoms with E-state index in [0.29, 0.717) is 6.04 Å². The molecule has 1 aliphatic heterocycles. The molecule has 1 saturated heterocycles. The SMILES string of the molecule is CCc1nc2cc(F)ccc2n1C1CCN(Cc2ccc3nccnc3c2)CC1. The molecule has 0 N–H and O–H groups in total. The second-order valence-electron chi connectivity index (χ2n) is 7.77. The fourth-order valence-electron chi connectivity index (χ4n) is 4.48. The Balaban J connectivity index is 1.32. The Kier molecular flexibility index (Phi) is 4.72. The summed E-state index contributed by atoms with van der Waals surface area (Å²) in [6.07, 6.45) is 6.47. The van der Waals surface area contributed by atoms with Crippen molar-refractivity contribution in [3.63, 3.8) is 0 Å². The van der Waals surface area contributed by atoms with Gasteiger partial charge in [-0.1, -0.05) is 13.0 Å². The van der Waals surface area contributed by atoms with Gasteiger partial charge >= 0.3 is 0 Å². The van der Waals surface area contributed by atoms with Crippen LogP contribution in [0.3, 0.4) is 0 Å². The minimum Gasteiger partial charge on any atom is -0.325 e. The summed E-state index contributed by atoms with van der Waals surface area (Å²) in [5.41, 5.74) is 4.97. The molecular formula is C23H24FN5. The average Bonchev–Trinajstić information content (AvgIpc) is 3.12. The van der Waals surface area contributed by atoms with Crippen molar-refractivity contribution in [3.05, 3.63) is 66.0 Å². The molecule has 4 aromatic rings. The van der Waals surface area contributed by atoms with E-state index in [1.165, 1.54) is 11.6 Å². The number of aromatic nitrogens is 4. The molecule has 1 fully saturated rings. The highest BCUT2D eigenvalue weighted by molar-refractivity contribution is 5.76. The molecule has 1 aliphatic rings. The zero-order chi connectivity index (χ0) is 19.8. The van der Waals surface area contributed by atoms with Crippen LogP contribution in [0.2, 0.25) is 0 Å². The third-order valence-corrected chi connectivity index (χ3v) is 5.90. The zero-order valence-corrected chi connectivity index (χ0v) is 16.6. The van der Waals surface area contributed by atoms with Crippen molar-refractivity contribution in [1.82, 2.24) is 24.4 Å². The lowest BCUT2D eigenvalue weighted by molar-refractivity contribution is 0.180. The molecular weight excluding hydrogens is 365 g/mol. The number of likely N-dealkylation sites (tertiary alicyclic amines) is 1. The topological polar surface area (TPSA) is 46.8 Å². The predicted molar refractivity (Wildman–Crippen MR) is 112 cm³/mol. The number of aryl methyl sites for hydroxylation is 1. The first kappa shape index (κ1) is 18.2. The van der Waals surface area contributed by atoms with Gasteiger partial charge < -0.3 is 4.57 Å². The van der Waals surface area contributed by atoms with Gasteiger partial charge in [-0.3, -0.25) is 14.9 Å². The molecule has 3 heterocycles. The van der Waals surface area contributed by atoms with Crippen molar-refractivity contribution in [2.45, 2.75) is 38.8 Å². The van der Waals surface area contributed by atoms with Crippen LogP contribution in [0.5, 0.6) is 0 Å². The maximum Gasteiger partial charge on any atom is 0.125 e. The van der Waals surface area contributed by atoms with E-state index in [-0.39, 0.29) is 5.82 Å². The van der Waals surface area contributed by atoms with Gasteiger partial charge in [-0.05, 0) is 42.7 Å². The van der Waals surface area contributed by atoms with Crippen LogP contribution in [0.15, 0.2) is 48.8 Å². The Morgan fingerprint density at radius 2 is 1.76 bits per heavy atom. The molecule has 0 saturated carbocycles. The summed E-state index contributed by atoms with van der Waals surface area (Å²) in [6, 6.07) is 11.7. The van der Waals surface area contributed by atoms with Crippen molar-refractivity contribution < 1.29 is 4.39 Å². The number of hydrogen-bond donors (Lipinski definition) is 0. The van der Waals surface area contributed by atoms with Gasteiger partial charge in [0.1, 0.15) is 11.6 Å². The monoisotopic (exact) mass is 389 g/mol. The van der Waals surface area contributed by atoms with Crippen LogP contribution in [0.25, 0.3) is 22.1 Å². The third kappa shape index (κ3) is 3.49. The second-order valence-corrected chi connectivity index (χ2v) is 7.77. The average molecular weight is 389 g/mol. The summed E-state index contributed by atoms with van der Waals surface area (Å²) in [7, 11) is 0. The summed E-state index contributed by atoms with van der Waals surface area (Å²) in [4.78, 5) is 15.9. The number of imidazole rings is 1. The highest BCUT2D eigenvalue weighted by atomic mass is 19.1. The Bertz CT molecular complexity index is 1160. The zero-order valence-electron chi connectivity index (χ0n) is 16.6. The Morgan fingerprint density at radius 3 is 2.55 bits per heavy atom. The van der Waals surface area contributed by atoms with Crippen LogP contribution >= 0.6 is 0 Å². The summed E-state index contributed by atoms with van der Waals surface area (Å²) in [6.45, 7) is 5.11. The number of fused-ring (bicyclic) bond motifs is 2. The highest BCUT2D eigenvalue weighted by Gasteiger charge is 2.24. The molecule has 0 unspecified atom stereocenters. The summed E-state index contributed by atoms with van der Waals surface area (Å²) >= 11 is 0. The van der Waals surface area contributed by atoms with Crippen LogP contribution in [0.1, 0.15) is 37.2 Å².